The van der Waals surface area contributed by atoms with Gasteiger partial charge in [-0.25, -0.2) is 4.98 Å². The molecule has 3 aromatic heterocycles. The molecule has 6 nitrogen and oxygen atoms in total. The lowest BCUT2D eigenvalue weighted by atomic mass is 10.2. The first-order valence-electron chi connectivity index (χ1n) is 6.44. The van der Waals surface area contributed by atoms with Crippen LogP contribution in [0, 0.1) is 22.7 Å². The zero-order chi connectivity index (χ0) is 16.2. The van der Waals surface area contributed by atoms with Crippen LogP contribution < -0.4 is 5.73 Å². The first-order valence-corrected chi connectivity index (χ1v) is 8.30. The lowest BCUT2D eigenvalue weighted by Gasteiger charge is -2.04. The molecule has 0 aliphatic carbocycles. The van der Waals surface area contributed by atoms with Gasteiger partial charge >= 0.3 is 0 Å². The molecule has 0 bridgehead atoms. The van der Waals surface area contributed by atoms with E-state index in [9.17, 15) is 0 Å². The number of anilines is 1. The highest BCUT2D eigenvalue weighted by molar-refractivity contribution is 7.98. The number of nitrogens with zero attached hydrogens (tertiary/aromatic N) is 4. The molecule has 3 aromatic rings. The zero-order valence-electron chi connectivity index (χ0n) is 11.7. The van der Waals surface area contributed by atoms with Gasteiger partial charge in [-0.2, -0.15) is 10.5 Å². The van der Waals surface area contributed by atoms with Gasteiger partial charge in [-0.1, -0.05) is 23.0 Å². The van der Waals surface area contributed by atoms with Crippen molar-refractivity contribution in [2.45, 2.75) is 10.8 Å². The topological polar surface area (TPSA) is 113 Å². The van der Waals surface area contributed by atoms with E-state index >= 15 is 0 Å². The van der Waals surface area contributed by atoms with E-state index in [0.29, 0.717) is 22.1 Å². The normalized spacial score (nSPS) is 10.2. The molecule has 0 aliphatic rings. The highest BCUT2D eigenvalue weighted by Gasteiger charge is 2.13. The standard InChI is InChI=1S/C15H9N5OS2/c16-6-9-4-10(7-17)15(19-14(9)18)23-8-11-5-12(21-20-11)13-2-1-3-22-13/h1-5H,8H2,(H2,18,19). The third-order valence-electron chi connectivity index (χ3n) is 2.94. The largest absolute Gasteiger partial charge is 0.383 e. The summed E-state index contributed by atoms with van der Waals surface area (Å²) in [5, 5.41) is 24.6. The Morgan fingerprint density at radius 2 is 2.09 bits per heavy atom. The maximum absolute atomic E-state index is 9.17. The van der Waals surface area contributed by atoms with Crippen molar-refractivity contribution in [1.29, 1.82) is 10.5 Å². The first-order chi connectivity index (χ1) is 11.2. The fourth-order valence-corrected chi connectivity index (χ4v) is 3.36. The second kappa shape index (κ2) is 6.53. The van der Waals surface area contributed by atoms with Crippen LogP contribution in [-0.4, -0.2) is 10.1 Å². The second-order valence-corrected chi connectivity index (χ2v) is 6.36. The Hall–Kier alpha value is -2.81. The van der Waals surface area contributed by atoms with E-state index < -0.39 is 0 Å². The van der Waals surface area contributed by atoms with Gasteiger partial charge in [0.2, 0.25) is 0 Å². The molecule has 0 fully saturated rings. The van der Waals surface area contributed by atoms with Crippen LogP contribution in [0.15, 0.2) is 39.2 Å². The third kappa shape index (κ3) is 3.19. The van der Waals surface area contributed by atoms with Crippen molar-refractivity contribution < 1.29 is 4.52 Å². The van der Waals surface area contributed by atoms with Gasteiger partial charge in [0.25, 0.3) is 0 Å². The zero-order valence-corrected chi connectivity index (χ0v) is 13.3. The van der Waals surface area contributed by atoms with Crippen LogP contribution >= 0.6 is 23.1 Å². The fourth-order valence-electron chi connectivity index (χ4n) is 1.85. The number of rotatable bonds is 4. The molecular weight excluding hydrogens is 330 g/mol. The highest BCUT2D eigenvalue weighted by atomic mass is 32.2. The highest BCUT2D eigenvalue weighted by Crippen LogP contribution is 2.29. The molecule has 2 N–H and O–H groups in total. The summed E-state index contributed by atoms with van der Waals surface area (Å²) in [6.45, 7) is 0. The van der Waals surface area contributed by atoms with E-state index in [2.05, 4.69) is 10.1 Å². The summed E-state index contributed by atoms with van der Waals surface area (Å²) in [5.41, 5.74) is 6.97. The quantitative estimate of drug-likeness (QED) is 0.724. The number of thiophene rings is 1. The average Bonchev–Trinajstić information content (AvgIpc) is 3.24. The summed E-state index contributed by atoms with van der Waals surface area (Å²) < 4.78 is 5.31. The van der Waals surface area contributed by atoms with Crippen molar-refractivity contribution in [2.75, 3.05) is 5.73 Å². The molecule has 0 unspecified atom stereocenters. The summed E-state index contributed by atoms with van der Waals surface area (Å²) in [6, 6.07) is 11.2. The van der Waals surface area contributed by atoms with E-state index in [1.54, 1.807) is 11.3 Å². The van der Waals surface area contributed by atoms with E-state index in [1.165, 1.54) is 17.8 Å². The van der Waals surface area contributed by atoms with Crippen LogP contribution in [0.1, 0.15) is 16.8 Å². The average molecular weight is 339 g/mol. The summed E-state index contributed by atoms with van der Waals surface area (Å²) >= 11 is 2.90. The number of hydrogen-bond donors (Lipinski definition) is 1. The van der Waals surface area contributed by atoms with Crippen molar-refractivity contribution in [3.63, 3.8) is 0 Å². The van der Waals surface area contributed by atoms with Crippen LogP contribution in [0.3, 0.4) is 0 Å². The van der Waals surface area contributed by atoms with Gasteiger partial charge < -0.3 is 10.3 Å². The van der Waals surface area contributed by atoms with Crippen molar-refractivity contribution in [3.05, 3.63) is 46.5 Å². The van der Waals surface area contributed by atoms with E-state index in [-0.39, 0.29) is 11.4 Å². The number of nitrogen functional groups attached to an aromatic ring is 1. The number of thioether (sulfide) groups is 1. The van der Waals surface area contributed by atoms with Gasteiger partial charge in [-0.15, -0.1) is 11.3 Å². The Morgan fingerprint density at radius 1 is 1.26 bits per heavy atom. The molecule has 0 atom stereocenters. The second-order valence-electron chi connectivity index (χ2n) is 4.45. The molecule has 0 aromatic carbocycles. The molecular formula is C15H9N5OS2. The molecule has 0 saturated carbocycles. The number of nitrogens with two attached hydrogens (primary N) is 1. The van der Waals surface area contributed by atoms with Crippen molar-refractivity contribution in [2.24, 2.45) is 0 Å². The Kier molecular flexibility index (Phi) is 4.29. The number of hydrogen-bond acceptors (Lipinski definition) is 8. The molecule has 0 amide bonds. The van der Waals surface area contributed by atoms with Crippen molar-refractivity contribution >= 4 is 28.9 Å². The summed E-state index contributed by atoms with van der Waals surface area (Å²) in [6.07, 6.45) is 0. The fraction of sp³-hybridized carbons (Fsp3) is 0.0667. The minimum atomic E-state index is 0.119. The van der Waals surface area contributed by atoms with Gasteiger partial charge in [0.05, 0.1) is 21.7 Å². The lowest BCUT2D eigenvalue weighted by Crippen LogP contribution is -1.99. The first kappa shape index (κ1) is 15.1. The van der Waals surface area contributed by atoms with Crippen molar-refractivity contribution in [1.82, 2.24) is 10.1 Å². The Bertz CT molecular complexity index is 918. The summed E-state index contributed by atoms with van der Waals surface area (Å²) in [7, 11) is 0. The molecule has 0 saturated heterocycles. The Labute approximate surface area is 140 Å². The van der Waals surface area contributed by atoms with E-state index in [1.807, 2.05) is 35.7 Å². The van der Waals surface area contributed by atoms with Crippen LogP contribution in [0.4, 0.5) is 5.82 Å². The molecule has 3 rings (SSSR count). The maximum Gasteiger partial charge on any atom is 0.177 e. The maximum atomic E-state index is 9.17. The summed E-state index contributed by atoms with van der Waals surface area (Å²) in [5.74, 6) is 1.32. The lowest BCUT2D eigenvalue weighted by molar-refractivity contribution is 0.427. The monoisotopic (exact) mass is 339 g/mol. The van der Waals surface area contributed by atoms with Crippen LogP contribution in [-0.2, 0) is 5.75 Å². The summed E-state index contributed by atoms with van der Waals surface area (Å²) in [4.78, 5) is 5.13. The Morgan fingerprint density at radius 3 is 2.78 bits per heavy atom. The molecule has 3 heterocycles. The van der Waals surface area contributed by atoms with E-state index in [4.69, 9.17) is 20.8 Å². The Balaban J connectivity index is 1.78. The molecule has 112 valence electrons. The number of pyridine rings is 1. The molecule has 23 heavy (non-hydrogen) atoms. The molecule has 8 heteroatoms. The van der Waals surface area contributed by atoms with Crippen LogP contribution in [0.2, 0.25) is 0 Å². The van der Waals surface area contributed by atoms with Gasteiger partial charge in [0.15, 0.2) is 5.76 Å². The molecule has 0 aliphatic heterocycles. The number of nitriles is 2. The van der Waals surface area contributed by atoms with Gasteiger partial charge in [-0.05, 0) is 17.5 Å². The van der Waals surface area contributed by atoms with Gasteiger partial charge in [0.1, 0.15) is 23.0 Å². The van der Waals surface area contributed by atoms with Crippen LogP contribution in [0.5, 0.6) is 0 Å². The minimum absolute atomic E-state index is 0.119. The van der Waals surface area contributed by atoms with Gasteiger partial charge in [-0.3, -0.25) is 0 Å². The number of aromatic nitrogens is 2. The predicted octanol–water partition coefficient (Wildman–Crippen LogP) is 3.42. The van der Waals surface area contributed by atoms with Crippen LogP contribution in [0.25, 0.3) is 10.6 Å². The third-order valence-corrected chi connectivity index (χ3v) is 4.85. The smallest absolute Gasteiger partial charge is 0.177 e. The predicted molar refractivity (Wildman–Crippen MR) is 87.5 cm³/mol. The van der Waals surface area contributed by atoms with Crippen molar-refractivity contribution in [3.8, 4) is 22.8 Å². The SMILES string of the molecule is N#Cc1cc(C#N)c(SCc2cc(-c3cccs3)on2)nc1N. The van der Waals surface area contributed by atoms with E-state index in [0.717, 1.165) is 10.6 Å². The molecule has 0 radical (unpaired) electrons. The minimum Gasteiger partial charge on any atom is -0.383 e. The molecule has 0 spiro atoms. The van der Waals surface area contributed by atoms with Gasteiger partial charge in [0, 0.05) is 11.8 Å².